The maximum atomic E-state index is 13.2. The summed E-state index contributed by atoms with van der Waals surface area (Å²) in [6, 6.07) is 31.5. The predicted octanol–water partition coefficient (Wildman–Crippen LogP) is 6.34. The van der Waals surface area contributed by atoms with Gasteiger partial charge >= 0.3 is 5.97 Å². The lowest BCUT2D eigenvalue weighted by atomic mass is 10.1. The molecular formula is C30H26N2O4. The van der Waals surface area contributed by atoms with Gasteiger partial charge in [0.15, 0.2) is 0 Å². The van der Waals surface area contributed by atoms with E-state index in [4.69, 9.17) is 9.84 Å². The number of carbonyl (C=O) groups is 2. The molecule has 1 amide bonds. The summed E-state index contributed by atoms with van der Waals surface area (Å²) in [6.45, 7) is 0.995. The minimum absolute atomic E-state index is 0.0341. The van der Waals surface area contributed by atoms with Gasteiger partial charge < -0.3 is 19.7 Å². The minimum Gasteiger partial charge on any atom is -0.491 e. The Bertz CT molecular complexity index is 1540. The molecule has 0 fully saturated rings. The minimum atomic E-state index is -0.860. The van der Waals surface area contributed by atoms with Gasteiger partial charge in [-0.1, -0.05) is 60.7 Å². The average molecular weight is 479 g/mol. The third-order valence-electron chi connectivity index (χ3n) is 6.15. The second-order valence-corrected chi connectivity index (χ2v) is 8.62. The molecule has 5 aromatic rings. The molecule has 0 spiro atoms. The van der Waals surface area contributed by atoms with Gasteiger partial charge in [0, 0.05) is 40.3 Å². The van der Waals surface area contributed by atoms with Gasteiger partial charge in [0.25, 0.3) is 5.91 Å². The van der Waals surface area contributed by atoms with Crippen molar-refractivity contribution in [1.29, 1.82) is 0 Å². The van der Waals surface area contributed by atoms with Crippen LogP contribution in [0.2, 0.25) is 0 Å². The molecular weight excluding hydrogens is 452 g/mol. The monoisotopic (exact) mass is 478 g/mol. The molecule has 0 saturated carbocycles. The van der Waals surface area contributed by atoms with Crippen molar-refractivity contribution >= 4 is 39.4 Å². The van der Waals surface area contributed by atoms with Crippen LogP contribution in [0.5, 0.6) is 5.75 Å². The SMILES string of the molecule is O=C(O)CCCOc1ccccc1NC(=O)c1ccc2c(c1)c1ccccc1n2Cc1ccccc1. The van der Waals surface area contributed by atoms with Gasteiger partial charge in [-0.2, -0.15) is 0 Å². The van der Waals surface area contributed by atoms with Gasteiger partial charge in [-0.05, 0) is 48.4 Å². The second-order valence-electron chi connectivity index (χ2n) is 8.62. The molecule has 0 aliphatic heterocycles. The fourth-order valence-corrected chi connectivity index (χ4v) is 4.43. The largest absolute Gasteiger partial charge is 0.491 e. The van der Waals surface area contributed by atoms with E-state index in [1.54, 1.807) is 12.1 Å². The van der Waals surface area contributed by atoms with E-state index in [1.165, 1.54) is 5.56 Å². The third kappa shape index (κ3) is 4.93. The molecule has 4 aromatic carbocycles. The standard InChI is InChI=1S/C30H26N2O4/c33-29(34)15-8-18-36-28-14-7-5-12-25(28)31-30(35)22-16-17-27-24(19-22)23-11-4-6-13-26(23)32(27)20-21-9-2-1-3-10-21/h1-7,9-14,16-17,19H,8,15,18,20H2,(H,31,35)(H,33,34). The number of aliphatic carboxylic acids is 1. The van der Waals surface area contributed by atoms with Gasteiger partial charge in [-0.3, -0.25) is 9.59 Å². The zero-order valence-electron chi connectivity index (χ0n) is 19.7. The van der Waals surface area contributed by atoms with Crippen LogP contribution in [-0.2, 0) is 11.3 Å². The average Bonchev–Trinajstić information content (AvgIpc) is 3.21. The first-order chi connectivity index (χ1) is 17.6. The smallest absolute Gasteiger partial charge is 0.303 e. The number of hydrogen-bond donors (Lipinski definition) is 2. The van der Waals surface area contributed by atoms with Crippen molar-refractivity contribution in [2.75, 3.05) is 11.9 Å². The van der Waals surface area contributed by atoms with E-state index < -0.39 is 5.97 Å². The maximum absolute atomic E-state index is 13.2. The Hall–Kier alpha value is -4.58. The molecule has 5 rings (SSSR count). The van der Waals surface area contributed by atoms with Crippen LogP contribution in [0.4, 0.5) is 5.69 Å². The first-order valence-corrected chi connectivity index (χ1v) is 11.9. The van der Waals surface area contributed by atoms with Crippen LogP contribution < -0.4 is 10.1 Å². The molecule has 0 unspecified atom stereocenters. The van der Waals surface area contributed by atoms with E-state index in [2.05, 4.69) is 34.1 Å². The summed E-state index contributed by atoms with van der Waals surface area (Å²) in [5.41, 5.74) is 4.49. The number of ether oxygens (including phenoxy) is 1. The number of fused-ring (bicyclic) bond motifs is 3. The zero-order chi connectivity index (χ0) is 24.9. The Morgan fingerprint density at radius 3 is 2.36 bits per heavy atom. The third-order valence-corrected chi connectivity index (χ3v) is 6.15. The fraction of sp³-hybridized carbons (Fsp3) is 0.133. The van der Waals surface area contributed by atoms with E-state index in [9.17, 15) is 9.59 Å². The number of carboxylic acid groups (broad SMARTS) is 1. The Balaban J connectivity index is 1.42. The molecule has 0 saturated heterocycles. The number of aromatic nitrogens is 1. The number of rotatable bonds is 9. The predicted molar refractivity (Wildman–Crippen MR) is 142 cm³/mol. The van der Waals surface area contributed by atoms with E-state index in [0.717, 1.165) is 28.4 Å². The first-order valence-electron chi connectivity index (χ1n) is 11.9. The van der Waals surface area contributed by atoms with Crippen LogP contribution in [0.1, 0.15) is 28.8 Å². The number of hydrogen-bond acceptors (Lipinski definition) is 3. The number of nitrogens with one attached hydrogen (secondary N) is 1. The molecule has 1 aromatic heterocycles. The Morgan fingerprint density at radius 1 is 0.806 bits per heavy atom. The highest BCUT2D eigenvalue weighted by Crippen LogP contribution is 2.31. The lowest BCUT2D eigenvalue weighted by Crippen LogP contribution is -2.13. The molecule has 0 radical (unpaired) electrons. The Kier molecular flexibility index (Phi) is 6.67. The van der Waals surface area contributed by atoms with Gasteiger partial charge in [0.1, 0.15) is 5.75 Å². The summed E-state index contributed by atoms with van der Waals surface area (Å²) in [6.07, 6.45) is 0.424. The second kappa shape index (κ2) is 10.4. The van der Waals surface area contributed by atoms with Crippen LogP contribution in [0.3, 0.4) is 0 Å². The maximum Gasteiger partial charge on any atom is 0.303 e. The van der Waals surface area contributed by atoms with Crippen LogP contribution in [0.25, 0.3) is 21.8 Å². The molecule has 0 aliphatic carbocycles. The Morgan fingerprint density at radius 2 is 1.53 bits per heavy atom. The summed E-state index contributed by atoms with van der Waals surface area (Å²) in [5, 5.41) is 13.9. The van der Waals surface area contributed by atoms with Crippen molar-refractivity contribution < 1.29 is 19.4 Å². The topological polar surface area (TPSA) is 80.6 Å². The molecule has 1 heterocycles. The number of benzene rings is 4. The van der Waals surface area contributed by atoms with Crippen molar-refractivity contribution in [3.8, 4) is 5.75 Å². The van der Waals surface area contributed by atoms with Gasteiger partial charge in [-0.15, -0.1) is 0 Å². The molecule has 0 atom stereocenters. The Labute approximate surface area is 208 Å². The van der Waals surface area contributed by atoms with Crippen molar-refractivity contribution in [3.05, 3.63) is 108 Å². The lowest BCUT2D eigenvalue weighted by molar-refractivity contribution is -0.137. The van der Waals surface area contributed by atoms with E-state index in [1.807, 2.05) is 60.7 Å². The van der Waals surface area contributed by atoms with Crippen molar-refractivity contribution in [3.63, 3.8) is 0 Å². The molecule has 180 valence electrons. The van der Waals surface area contributed by atoms with E-state index in [0.29, 0.717) is 23.4 Å². The summed E-state index contributed by atoms with van der Waals surface area (Å²) in [4.78, 5) is 23.9. The van der Waals surface area contributed by atoms with Crippen LogP contribution in [0.15, 0.2) is 97.1 Å². The van der Waals surface area contributed by atoms with E-state index in [-0.39, 0.29) is 18.9 Å². The number of nitrogens with zero attached hydrogens (tertiary/aromatic N) is 1. The number of para-hydroxylation sites is 3. The van der Waals surface area contributed by atoms with E-state index >= 15 is 0 Å². The summed E-state index contributed by atoms with van der Waals surface area (Å²) in [7, 11) is 0. The molecule has 0 bridgehead atoms. The van der Waals surface area contributed by atoms with Crippen molar-refractivity contribution in [2.24, 2.45) is 0 Å². The number of anilines is 1. The highest BCUT2D eigenvalue weighted by molar-refractivity contribution is 6.13. The van der Waals surface area contributed by atoms with Crippen LogP contribution >= 0.6 is 0 Å². The van der Waals surface area contributed by atoms with Crippen LogP contribution in [0, 0.1) is 0 Å². The van der Waals surface area contributed by atoms with Gasteiger partial charge in [-0.25, -0.2) is 0 Å². The van der Waals surface area contributed by atoms with Crippen molar-refractivity contribution in [2.45, 2.75) is 19.4 Å². The fourth-order valence-electron chi connectivity index (χ4n) is 4.43. The lowest BCUT2D eigenvalue weighted by Gasteiger charge is -2.12. The van der Waals surface area contributed by atoms with Crippen LogP contribution in [-0.4, -0.2) is 28.2 Å². The summed E-state index contributed by atoms with van der Waals surface area (Å²) >= 11 is 0. The summed E-state index contributed by atoms with van der Waals surface area (Å²) in [5.74, 6) is -0.587. The highest BCUT2D eigenvalue weighted by atomic mass is 16.5. The normalized spacial score (nSPS) is 11.0. The zero-order valence-corrected chi connectivity index (χ0v) is 19.7. The van der Waals surface area contributed by atoms with Gasteiger partial charge in [0.2, 0.25) is 0 Å². The molecule has 6 heteroatoms. The highest BCUT2D eigenvalue weighted by Gasteiger charge is 2.15. The first kappa shape index (κ1) is 23.2. The molecule has 0 aliphatic rings. The number of amides is 1. The molecule has 36 heavy (non-hydrogen) atoms. The molecule has 2 N–H and O–H groups in total. The van der Waals surface area contributed by atoms with Crippen molar-refractivity contribution in [1.82, 2.24) is 4.57 Å². The number of carboxylic acids is 1. The number of carbonyl (C=O) groups excluding carboxylic acids is 1. The summed E-state index contributed by atoms with van der Waals surface area (Å²) < 4.78 is 8.01. The molecule has 6 nitrogen and oxygen atoms in total. The van der Waals surface area contributed by atoms with Gasteiger partial charge in [0.05, 0.1) is 12.3 Å². The quantitative estimate of drug-likeness (QED) is 0.242.